The number of hydrogen-bond acceptors (Lipinski definition) is 4. The second kappa shape index (κ2) is 7.83. The Balaban J connectivity index is 2.67. The molecule has 0 saturated carbocycles. The van der Waals surface area contributed by atoms with E-state index >= 15 is 0 Å². The van der Waals surface area contributed by atoms with Crippen LogP contribution >= 0.6 is 11.8 Å². The molecule has 1 aliphatic heterocycles. The lowest BCUT2D eigenvalue weighted by atomic mass is 10.0. The minimum Gasteiger partial charge on any atom is -0.396 e. The van der Waals surface area contributed by atoms with E-state index in [1.54, 1.807) is 18.8 Å². The van der Waals surface area contributed by atoms with Gasteiger partial charge in [-0.2, -0.15) is 28.8 Å². The van der Waals surface area contributed by atoms with Crippen molar-refractivity contribution in [3.63, 3.8) is 0 Å². The number of nitrogens with zero attached hydrogens (tertiary/aromatic N) is 2. The van der Waals surface area contributed by atoms with E-state index in [9.17, 15) is 13.5 Å². The second-order valence-electron chi connectivity index (χ2n) is 5.20. The highest BCUT2D eigenvalue weighted by Gasteiger charge is 2.33. The zero-order valence-corrected chi connectivity index (χ0v) is 13.7. The highest BCUT2D eigenvalue weighted by Crippen LogP contribution is 2.22. The van der Waals surface area contributed by atoms with Crippen molar-refractivity contribution in [1.82, 2.24) is 8.61 Å². The fourth-order valence-electron chi connectivity index (χ4n) is 2.27. The van der Waals surface area contributed by atoms with E-state index in [-0.39, 0.29) is 18.6 Å². The molecule has 1 saturated heterocycles. The summed E-state index contributed by atoms with van der Waals surface area (Å²) in [5.41, 5.74) is 0. The molecule has 1 heterocycles. The van der Waals surface area contributed by atoms with Crippen molar-refractivity contribution >= 4 is 22.0 Å². The molecule has 114 valence electrons. The van der Waals surface area contributed by atoms with Crippen LogP contribution in [0.2, 0.25) is 0 Å². The van der Waals surface area contributed by atoms with E-state index in [0.717, 1.165) is 25.0 Å². The van der Waals surface area contributed by atoms with Crippen molar-refractivity contribution in [2.45, 2.75) is 32.2 Å². The molecule has 19 heavy (non-hydrogen) atoms. The summed E-state index contributed by atoms with van der Waals surface area (Å²) < 4.78 is 28.0. The third-order valence-electron chi connectivity index (χ3n) is 3.79. The predicted octanol–water partition coefficient (Wildman–Crippen LogP) is 1.01. The maximum Gasteiger partial charge on any atom is 0.281 e. The minimum absolute atomic E-state index is 0.00644. The Bertz CT molecular complexity index is 362. The molecule has 0 radical (unpaired) electrons. The van der Waals surface area contributed by atoms with Gasteiger partial charge in [-0.15, -0.1) is 0 Å². The molecular formula is C12H26N2O3S2. The van der Waals surface area contributed by atoms with Crippen LogP contribution in [0.3, 0.4) is 0 Å². The molecule has 1 aliphatic rings. The maximum atomic E-state index is 12.5. The Kier molecular flexibility index (Phi) is 7.10. The summed E-state index contributed by atoms with van der Waals surface area (Å²) in [6, 6.07) is 0.00644. The summed E-state index contributed by atoms with van der Waals surface area (Å²) in [4.78, 5) is 0. The van der Waals surface area contributed by atoms with Crippen LogP contribution in [0.25, 0.3) is 0 Å². The van der Waals surface area contributed by atoms with E-state index in [1.807, 2.05) is 13.2 Å². The van der Waals surface area contributed by atoms with Crippen molar-refractivity contribution in [1.29, 1.82) is 0 Å². The van der Waals surface area contributed by atoms with Crippen LogP contribution in [-0.4, -0.2) is 66.9 Å². The van der Waals surface area contributed by atoms with Crippen LogP contribution in [0.4, 0.5) is 0 Å². The molecular weight excluding hydrogens is 284 g/mol. The first-order valence-electron chi connectivity index (χ1n) is 6.76. The van der Waals surface area contributed by atoms with Crippen molar-refractivity contribution in [2.75, 3.05) is 38.8 Å². The molecule has 0 amide bonds. The SMILES string of the molecule is CSCCC(C)N(C)S(=O)(=O)N1CCCC(CO)C1. The van der Waals surface area contributed by atoms with E-state index < -0.39 is 10.2 Å². The molecule has 7 heteroatoms. The molecule has 0 aromatic carbocycles. The molecule has 0 aromatic heterocycles. The van der Waals surface area contributed by atoms with Gasteiger partial charge in [-0.1, -0.05) is 0 Å². The number of piperidine rings is 1. The van der Waals surface area contributed by atoms with Gasteiger partial charge in [0.2, 0.25) is 0 Å². The molecule has 0 aromatic rings. The Morgan fingerprint density at radius 3 is 2.79 bits per heavy atom. The molecule has 5 nitrogen and oxygen atoms in total. The van der Waals surface area contributed by atoms with Crippen LogP contribution < -0.4 is 0 Å². The molecule has 1 rings (SSSR count). The third-order valence-corrected chi connectivity index (χ3v) is 6.51. The second-order valence-corrected chi connectivity index (χ2v) is 8.18. The average molecular weight is 310 g/mol. The summed E-state index contributed by atoms with van der Waals surface area (Å²) in [6.07, 6.45) is 4.62. The Labute approximate surface area is 121 Å². The van der Waals surface area contributed by atoms with Gasteiger partial charge in [0.25, 0.3) is 10.2 Å². The predicted molar refractivity (Wildman–Crippen MR) is 80.5 cm³/mol. The topological polar surface area (TPSA) is 60.9 Å². The molecule has 2 unspecified atom stereocenters. The van der Waals surface area contributed by atoms with Gasteiger partial charge in [-0.05, 0) is 44.1 Å². The van der Waals surface area contributed by atoms with E-state index in [0.29, 0.717) is 13.1 Å². The fourth-order valence-corrected chi connectivity index (χ4v) is 4.53. The van der Waals surface area contributed by atoms with Gasteiger partial charge < -0.3 is 5.11 Å². The first-order valence-corrected chi connectivity index (χ1v) is 9.55. The smallest absolute Gasteiger partial charge is 0.281 e. The van der Waals surface area contributed by atoms with Crippen molar-refractivity contribution in [3.05, 3.63) is 0 Å². The quantitative estimate of drug-likeness (QED) is 0.762. The van der Waals surface area contributed by atoms with E-state index in [2.05, 4.69) is 0 Å². The molecule has 2 atom stereocenters. The zero-order chi connectivity index (χ0) is 14.5. The van der Waals surface area contributed by atoms with Crippen molar-refractivity contribution < 1.29 is 13.5 Å². The summed E-state index contributed by atoms with van der Waals surface area (Å²) in [7, 11) is -1.73. The Morgan fingerprint density at radius 2 is 2.21 bits per heavy atom. The molecule has 1 fully saturated rings. The monoisotopic (exact) mass is 310 g/mol. The maximum absolute atomic E-state index is 12.5. The molecule has 0 aliphatic carbocycles. The normalized spacial score (nSPS) is 23.7. The minimum atomic E-state index is -3.39. The van der Waals surface area contributed by atoms with Gasteiger partial charge in [-0.25, -0.2) is 0 Å². The van der Waals surface area contributed by atoms with Crippen molar-refractivity contribution in [2.24, 2.45) is 5.92 Å². The zero-order valence-electron chi connectivity index (χ0n) is 12.1. The Morgan fingerprint density at radius 1 is 1.53 bits per heavy atom. The molecule has 0 spiro atoms. The van der Waals surface area contributed by atoms with Crippen LogP contribution in [0.5, 0.6) is 0 Å². The lowest BCUT2D eigenvalue weighted by Crippen LogP contribution is -2.49. The van der Waals surface area contributed by atoms with Gasteiger partial charge in [0.15, 0.2) is 0 Å². The lowest BCUT2D eigenvalue weighted by Gasteiger charge is -2.35. The average Bonchev–Trinajstić information content (AvgIpc) is 2.43. The van der Waals surface area contributed by atoms with Gasteiger partial charge in [0.1, 0.15) is 0 Å². The van der Waals surface area contributed by atoms with Crippen LogP contribution in [0, 0.1) is 5.92 Å². The van der Waals surface area contributed by atoms with Crippen LogP contribution in [0.15, 0.2) is 0 Å². The first-order chi connectivity index (χ1) is 8.93. The lowest BCUT2D eigenvalue weighted by molar-refractivity contribution is 0.160. The van der Waals surface area contributed by atoms with Gasteiger partial charge in [0, 0.05) is 32.8 Å². The fraction of sp³-hybridized carbons (Fsp3) is 1.00. The number of rotatable bonds is 7. The van der Waals surface area contributed by atoms with Gasteiger partial charge in [0.05, 0.1) is 0 Å². The summed E-state index contributed by atoms with van der Waals surface area (Å²) in [6.45, 7) is 3.02. The summed E-state index contributed by atoms with van der Waals surface area (Å²) in [5, 5.41) is 9.20. The molecule has 1 N–H and O–H groups in total. The van der Waals surface area contributed by atoms with Gasteiger partial charge in [-0.3, -0.25) is 0 Å². The highest BCUT2D eigenvalue weighted by atomic mass is 32.2. The Hall–Kier alpha value is 0.180. The van der Waals surface area contributed by atoms with E-state index in [4.69, 9.17) is 0 Å². The summed E-state index contributed by atoms with van der Waals surface area (Å²) in [5.74, 6) is 1.04. The largest absolute Gasteiger partial charge is 0.396 e. The number of thioether (sulfide) groups is 1. The van der Waals surface area contributed by atoms with Crippen LogP contribution in [0.1, 0.15) is 26.2 Å². The van der Waals surface area contributed by atoms with E-state index in [1.165, 1.54) is 8.61 Å². The molecule has 0 bridgehead atoms. The number of hydrogen-bond donors (Lipinski definition) is 1. The standard InChI is InChI=1S/C12H26N2O3S2/c1-11(6-8-18-3)13(2)19(16,17)14-7-4-5-12(9-14)10-15/h11-12,15H,4-10H2,1-3H3. The first kappa shape index (κ1) is 17.2. The van der Waals surface area contributed by atoms with Crippen LogP contribution in [-0.2, 0) is 10.2 Å². The third kappa shape index (κ3) is 4.60. The number of aliphatic hydroxyl groups is 1. The highest BCUT2D eigenvalue weighted by molar-refractivity contribution is 7.98. The number of aliphatic hydroxyl groups excluding tert-OH is 1. The van der Waals surface area contributed by atoms with Crippen molar-refractivity contribution in [3.8, 4) is 0 Å². The van der Waals surface area contributed by atoms with Gasteiger partial charge >= 0.3 is 0 Å². The summed E-state index contributed by atoms with van der Waals surface area (Å²) >= 11 is 1.73.